The molecule has 3 aromatic rings. The third kappa shape index (κ3) is 4.37. The zero-order valence-electron chi connectivity index (χ0n) is 15.7. The van der Waals surface area contributed by atoms with Gasteiger partial charge in [-0.2, -0.15) is 0 Å². The maximum absolute atomic E-state index is 13.2. The van der Waals surface area contributed by atoms with Crippen LogP contribution < -0.4 is 4.90 Å². The van der Waals surface area contributed by atoms with Gasteiger partial charge in [0.25, 0.3) is 5.91 Å². The molecule has 4 nitrogen and oxygen atoms in total. The molecule has 1 amide bonds. The maximum atomic E-state index is 13.2. The van der Waals surface area contributed by atoms with Gasteiger partial charge in [-0.05, 0) is 29.8 Å². The Morgan fingerprint density at radius 3 is 2.32 bits per heavy atom. The number of carbonyl (C=O) groups is 1. The van der Waals surface area contributed by atoms with E-state index in [1.807, 2.05) is 71.8 Å². The van der Waals surface area contributed by atoms with Crippen LogP contribution in [-0.4, -0.2) is 42.0 Å². The number of thioether (sulfide) groups is 1. The van der Waals surface area contributed by atoms with Crippen LogP contribution >= 0.6 is 11.8 Å². The average molecular weight is 390 g/mol. The first-order chi connectivity index (χ1) is 13.8. The zero-order valence-corrected chi connectivity index (χ0v) is 16.5. The van der Waals surface area contributed by atoms with E-state index < -0.39 is 0 Å². The van der Waals surface area contributed by atoms with Crippen molar-refractivity contribution in [3.05, 3.63) is 90.1 Å². The zero-order chi connectivity index (χ0) is 19.2. The minimum atomic E-state index is 0.122. The Balaban J connectivity index is 1.41. The van der Waals surface area contributed by atoms with Gasteiger partial charge in [0.15, 0.2) is 0 Å². The highest BCUT2D eigenvalue weighted by Gasteiger charge is 2.24. The van der Waals surface area contributed by atoms with Gasteiger partial charge in [0.2, 0.25) is 0 Å². The molecule has 0 spiro atoms. The lowest BCUT2D eigenvalue weighted by molar-refractivity contribution is 0.0743. The second-order valence-corrected chi connectivity index (χ2v) is 7.75. The van der Waals surface area contributed by atoms with Gasteiger partial charge >= 0.3 is 0 Å². The van der Waals surface area contributed by atoms with E-state index in [4.69, 9.17) is 0 Å². The number of nitrogens with zero attached hydrogens (tertiary/aromatic N) is 3. The van der Waals surface area contributed by atoms with E-state index in [2.05, 4.69) is 22.0 Å². The number of hydrogen-bond acceptors (Lipinski definition) is 4. The molecule has 28 heavy (non-hydrogen) atoms. The van der Waals surface area contributed by atoms with Crippen molar-refractivity contribution >= 4 is 23.5 Å². The molecule has 1 aliphatic rings. The highest BCUT2D eigenvalue weighted by molar-refractivity contribution is 7.98. The molecule has 2 aromatic carbocycles. The second kappa shape index (κ2) is 8.93. The summed E-state index contributed by atoms with van der Waals surface area (Å²) < 4.78 is 0. The number of carbonyl (C=O) groups excluding carboxylic acids is 1. The molecule has 1 saturated heterocycles. The summed E-state index contributed by atoms with van der Waals surface area (Å²) in [5.74, 6) is 1.96. The summed E-state index contributed by atoms with van der Waals surface area (Å²) in [6.45, 7) is 3.05. The van der Waals surface area contributed by atoms with Crippen LogP contribution in [-0.2, 0) is 5.75 Å². The number of rotatable bonds is 5. The number of benzene rings is 2. The predicted octanol–water partition coefficient (Wildman–Crippen LogP) is 4.34. The molecule has 0 aliphatic carbocycles. The van der Waals surface area contributed by atoms with Gasteiger partial charge in [-0.1, -0.05) is 48.5 Å². The number of anilines is 1. The minimum Gasteiger partial charge on any atom is -0.353 e. The van der Waals surface area contributed by atoms with Gasteiger partial charge in [0.05, 0.1) is 5.56 Å². The van der Waals surface area contributed by atoms with Crippen molar-refractivity contribution < 1.29 is 4.79 Å². The highest BCUT2D eigenvalue weighted by Crippen LogP contribution is 2.27. The first kappa shape index (κ1) is 18.6. The van der Waals surface area contributed by atoms with Crippen LogP contribution in [0.4, 0.5) is 5.82 Å². The fourth-order valence-corrected chi connectivity index (χ4v) is 4.35. The van der Waals surface area contributed by atoms with Crippen LogP contribution in [0.1, 0.15) is 15.9 Å². The fraction of sp³-hybridized carbons (Fsp3) is 0.217. The lowest BCUT2D eigenvalue weighted by atomic mass is 10.2. The lowest BCUT2D eigenvalue weighted by Crippen LogP contribution is -2.49. The Kier molecular flexibility index (Phi) is 5.92. The predicted molar refractivity (Wildman–Crippen MR) is 115 cm³/mol. The van der Waals surface area contributed by atoms with Gasteiger partial charge in [0, 0.05) is 43.0 Å². The summed E-state index contributed by atoms with van der Waals surface area (Å²) in [7, 11) is 0. The van der Waals surface area contributed by atoms with E-state index in [9.17, 15) is 4.79 Å². The largest absolute Gasteiger partial charge is 0.353 e. The summed E-state index contributed by atoms with van der Waals surface area (Å²) in [4.78, 5) is 22.8. The Morgan fingerprint density at radius 2 is 1.57 bits per heavy atom. The van der Waals surface area contributed by atoms with Crippen molar-refractivity contribution in [2.24, 2.45) is 0 Å². The maximum Gasteiger partial charge on any atom is 0.255 e. The molecule has 0 radical (unpaired) electrons. The van der Waals surface area contributed by atoms with Gasteiger partial charge in [0.1, 0.15) is 5.82 Å². The molecule has 1 aliphatic heterocycles. The van der Waals surface area contributed by atoms with Crippen molar-refractivity contribution in [3.8, 4) is 0 Å². The highest BCUT2D eigenvalue weighted by atomic mass is 32.2. The fourth-order valence-electron chi connectivity index (χ4n) is 3.35. The molecule has 1 fully saturated rings. The van der Waals surface area contributed by atoms with Crippen LogP contribution in [0.25, 0.3) is 0 Å². The monoisotopic (exact) mass is 389 g/mol. The molecular weight excluding hydrogens is 366 g/mol. The van der Waals surface area contributed by atoms with Crippen LogP contribution in [0.2, 0.25) is 0 Å². The van der Waals surface area contributed by atoms with Crippen LogP contribution in [0.3, 0.4) is 0 Å². The normalized spacial score (nSPS) is 14.1. The Labute approximate surface area is 170 Å². The third-order valence-corrected chi connectivity index (χ3v) is 6.04. The molecule has 1 aromatic heterocycles. The van der Waals surface area contributed by atoms with Crippen LogP contribution in [0, 0.1) is 0 Å². The van der Waals surface area contributed by atoms with Crippen molar-refractivity contribution in [1.82, 2.24) is 9.88 Å². The first-order valence-corrected chi connectivity index (χ1v) is 10.5. The van der Waals surface area contributed by atoms with Gasteiger partial charge in [-0.15, -0.1) is 11.8 Å². The molecule has 0 unspecified atom stereocenters. The quantitative estimate of drug-likeness (QED) is 0.609. The van der Waals surface area contributed by atoms with E-state index in [-0.39, 0.29) is 5.91 Å². The van der Waals surface area contributed by atoms with Gasteiger partial charge < -0.3 is 9.80 Å². The number of piperazine rings is 1. The third-order valence-electron chi connectivity index (χ3n) is 4.89. The first-order valence-electron chi connectivity index (χ1n) is 9.52. The van der Waals surface area contributed by atoms with E-state index in [0.29, 0.717) is 13.1 Å². The standard InChI is InChI=1S/C23H23N3OS/c27-23(26-16-14-25(15-17-26)22-12-6-7-13-24-22)20-10-4-5-11-21(20)28-18-19-8-2-1-3-9-19/h1-13H,14-18H2. The van der Waals surface area contributed by atoms with Gasteiger partial charge in [-0.25, -0.2) is 4.98 Å². The number of amides is 1. The molecule has 0 bridgehead atoms. The molecule has 0 atom stereocenters. The number of aromatic nitrogens is 1. The summed E-state index contributed by atoms with van der Waals surface area (Å²) >= 11 is 1.72. The van der Waals surface area contributed by atoms with Gasteiger partial charge in [-0.3, -0.25) is 4.79 Å². The summed E-state index contributed by atoms with van der Waals surface area (Å²) in [6.07, 6.45) is 1.81. The number of hydrogen-bond donors (Lipinski definition) is 0. The van der Waals surface area contributed by atoms with Crippen LogP contribution in [0.15, 0.2) is 83.9 Å². The molecule has 0 N–H and O–H groups in total. The Bertz CT molecular complexity index is 909. The van der Waals surface area contributed by atoms with Crippen molar-refractivity contribution in [2.45, 2.75) is 10.6 Å². The Hall–Kier alpha value is -2.79. The molecule has 0 saturated carbocycles. The van der Waals surface area contributed by atoms with E-state index >= 15 is 0 Å². The lowest BCUT2D eigenvalue weighted by Gasteiger charge is -2.35. The average Bonchev–Trinajstić information content (AvgIpc) is 2.79. The summed E-state index contributed by atoms with van der Waals surface area (Å²) in [5.41, 5.74) is 2.06. The topological polar surface area (TPSA) is 36.4 Å². The molecule has 4 rings (SSSR count). The molecule has 142 valence electrons. The molecule has 5 heteroatoms. The molecular formula is C23H23N3OS. The smallest absolute Gasteiger partial charge is 0.255 e. The van der Waals surface area contributed by atoms with E-state index in [0.717, 1.165) is 35.1 Å². The number of pyridine rings is 1. The summed E-state index contributed by atoms with van der Waals surface area (Å²) in [6, 6.07) is 24.3. The second-order valence-electron chi connectivity index (χ2n) is 6.74. The Morgan fingerprint density at radius 1 is 0.857 bits per heavy atom. The summed E-state index contributed by atoms with van der Waals surface area (Å²) in [5, 5.41) is 0. The van der Waals surface area contributed by atoms with E-state index in [1.165, 1.54) is 5.56 Å². The minimum absolute atomic E-state index is 0.122. The van der Waals surface area contributed by atoms with Crippen molar-refractivity contribution in [2.75, 3.05) is 31.1 Å². The van der Waals surface area contributed by atoms with Crippen LogP contribution in [0.5, 0.6) is 0 Å². The van der Waals surface area contributed by atoms with Crippen molar-refractivity contribution in [1.29, 1.82) is 0 Å². The SMILES string of the molecule is O=C(c1ccccc1SCc1ccccc1)N1CCN(c2ccccn2)CC1. The van der Waals surface area contributed by atoms with Crippen molar-refractivity contribution in [3.63, 3.8) is 0 Å². The van der Waals surface area contributed by atoms with E-state index in [1.54, 1.807) is 11.8 Å². The molecule has 2 heterocycles.